The summed E-state index contributed by atoms with van der Waals surface area (Å²) < 4.78 is 5.22. The summed E-state index contributed by atoms with van der Waals surface area (Å²) in [6.45, 7) is 4.78. The Labute approximate surface area is 146 Å². The molecule has 1 aromatic rings. The van der Waals surface area contributed by atoms with Gasteiger partial charge in [0.05, 0.1) is 6.54 Å². The van der Waals surface area contributed by atoms with Crippen molar-refractivity contribution >= 4 is 33.4 Å². The van der Waals surface area contributed by atoms with E-state index in [2.05, 4.69) is 15.5 Å². The Morgan fingerprint density at radius 3 is 3.00 bits per heavy atom. The zero-order valence-corrected chi connectivity index (χ0v) is 15.1. The predicted octanol–water partition coefficient (Wildman–Crippen LogP) is 1.03. The summed E-state index contributed by atoms with van der Waals surface area (Å²) in [7, 11) is 1.79. The Hall–Kier alpha value is -1.74. The number of nitrogens with zero attached hydrogens (tertiary/aromatic N) is 4. The van der Waals surface area contributed by atoms with Crippen LogP contribution >= 0.6 is 11.3 Å². The molecule has 0 aromatic carbocycles. The van der Waals surface area contributed by atoms with E-state index in [9.17, 15) is 9.59 Å². The Morgan fingerprint density at radius 2 is 2.25 bits per heavy atom. The molecule has 1 aliphatic heterocycles. The molecule has 0 bridgehead atoms. The van der Waals surface area contributed by atoms with Crippen LogP contribution in [0.3, 0.4) is 0 Å². The van der Waals surface area contributed by atoms with E-state index in [0.29, 0.717) is 43.0 Å². The molecule has 0 radical (unpaired) electrons. The molecule has 24 heavy (non-hydrogen) atoms. The number of hydrogen-bond acceptors (Lipinski definition) is 7. The topological polar surface area (TPSA) is 87.7 Å². The van der Waals surface area contributed by atoms with Crippen LogP contribution < -0.4 is 15.1 Å². The first-order valence-electron chi connectivity index (χ1n) is 8.31. The summed E-state index contributed by atoms with van der Waals surface area (Å²) in [5, 5.41) is 12.3. The summed E-state index contributed by atoms with van der Waals surface area (Å²) in [6.07, 6.45) is 3.28. The van der Waals surface area contributed by atoms with Crippen LogP contribution in [0.2, 0.25) is 0 Å². The van der Waals surface area contributed by atoms with E-state index in [-0.39, 0.29) is 18.4 Å². The lowest BCUT2D eigenvalue weighted by atomic mass is 10.1. The van der Waals surface area contributed by atoms with Crippen LogP contribution in [0.15, 0.2) is 0 Å². The van der Waals surface area contributed by atoms with E-state index < -0.39 is 0 Å². The van der Waals surface area contributed by atoms with Gasteiger partial charge in [-0.25, -0.2) is 0 Å². The third kappa shape index (κ3) is 5.41. The fraction of sp³-hybridized carbons (Fsp3) is 0.733. The third-order valence-corrected chi connectivity index (χ3v) is 4.72. The molecule has 1 saturated heterocycles. The molecular formula is C15H25N5O3S. The van der Waals surface area contributed by atoms with Gasteiger partial charge in [0.2, 0.25) is 22.1 Å². The molecule has 134 valence electrons. The zero-order valence-electron chi connectivity index (χ0n) is 14.3. The number of amides is 2. The summed E-state index contributed by atoms with van der Waals surface area (Å²) in [4.78, 5) is 27.3. The number of aromatic nitrogens is 2. The first-order valence-corrected chi connectivity index (χ1v) is 9.13. The van der Waals surface area contributed by atoms with Crippen LogP contribution in [0, 0.1) is 0 Å². The molecule has 1 aromatic heterocycles. The molecule has 0 aliphatic carbocycles. The average Bonchev–Trinajstić information content (AvgIpc) is 3.05. The second kappa shape index (κ2) is 9.53. The maximum Gasteiger partial charge on any atom is 0.239 e. The van der Waals surface area contributed by atoms with E-state index in [1.54, 1.807) is 16.8 Å². The van der Waals surface area contributed by atoms with Crippen molar-refractivity contribution in [3.63, 3.8) is 0 Å². The van der Waals surface area contributed by atoms with Gasteiger partial charge < -0.3 is 15.0 Å². The van der Waals surface area contributed by atoms with E-state index in [0.717, 1.165) is 19.3 Å². The van der Waals surface area contributed by atoms with Gasteiger partial charge >= 0.3 is 0 Å². The molecule has 1 aliphatic rings. The minimum Gasteiger partial charge on any atom is -0.382 e. The Balaban J connectivity index is 1.79. The van der Waals surface area contributed by atoms with Gasteiger partial charge in [-0.3, -0.25) is 14.5 Å². The highest BCUT2D eigenvalue weighted by Gasteiger charge is 2.23. The van der Waals surface area contributed by atoms with E-state index >= 15 is 0 Å². The number of ether oxygens (including phenoxy) is 1. The summed E-state index contributed by atoms with van der Waals surface area (Å²) >= 11 is 1.34. The summed E-state index contributed by atoms with van der Waals surface area (Å²) in [5.41, 5.74) is 0. The molecular weight excluding hydrogens is 330 g/mol. The monoisotopic (exact) mass is 355 g/mol. The molecule has 2 rings (SSSR count). The van der Waals surface area contributed by atoms with Crippen LogP contribution in [0.5, 0.6) is 0 Å². The van der Waals surface area contributed by atoms with E-state index in [4.69, 9.17) is 4.74 Å². The Bertz CT molecular complexity index is 551. The van der Waals surface area contributed by atoms with Crippen LogP contribution in [0.1, 0.15) is 32.6 Å². The van der Waals surface area contributed by atoms with E-state index in [1.165, 1.54) is 11.3 Å². The van der Waals surface area contributed by atoms with Crippen molar-refractivity contribution in [3.8, 4) is 0 Å². The normalized spacial score (nSPS) is 14.8. The van der Waals surface area contributed by atoms with Crippen LogP contribution in [0.25, 0.3) is 0 Å². The van der Waals surface area contributed by atoms with Gasteiger partial charge in [0.25, 0.3) is 0 Å². The predicted molar refractivity (Wildman–Crippen MR) is 93.5 cm³/mol. The second-order valence-electron chi connectivity index (χ2n) is 5.63. The average molecular weight is 355 g/mol. The lowest BCUT2D eigenvalue weighted by molar-refractivity contribution is -0.120. The van der Waals surface area contributed by atoms with Crippen LogP contribution in [-0.4, -0.2) is 61.9 Å². The van der Waals surface area contributed by atoms with Crippen molar-refractivity contribution in [3.05, 3.63) is 0 Å². The van der Waals surface area contributed by atoms with Crippen LogP contribution in [0.4, 0.5) is 10.3 Å². The maximum absolute atomic E-state index is 11.9. The summed E-state index contributed by atoms with van der Waals surface area (Å²) in [6, 6.07) is 0. The standard InChI is InChI=1S/C15H25N5O3S/c1-3-23-10-6-8-16-12(21)11-19(2)14-17-18-15(24-14)20-9-5-4-7-13(20)22/h3-11H2,1-2H3,(H,16,21). The minimum atomic E-state index is -0.0696. The molecule has 9 heteroatoms. The highest BCUT2D eigenvalue weighted by atomic mass is 32.1. The molecule has 1 fully saturated rings. The number of piperidine rings is 1. The quantitative estimate of drug-likeness (QED) is 0.666. The Morgan fingerprint density at radius 1 is 1.42 bits per heavy atom. The SMILES string of the molecule is CCOCCCNC(=O)CN(C)c1nnc(N2CCCCC2=O)s1. The second-order valence-corrected chi connectivity index (χ2v) is 6.56. The largest absolute Gasteiger partial charge is 0.382 e. The van der Waals surface area contributed by atoms with Crippen molar-refractivity contribution in [2.45, 2.75) is 32.6 Å². The molecule has 0 atom stereocenters. The van der Waals surface area contributed by atoms with E-state index in [1.807, 2.05) is 6.92 Å². The van der Waals surface area contributed by atoms with Gasteiger partial charge in [0.1, 0.15) is 0 Å². The molecule has 1 N–H and O–H groups in total. The minimum absolute atomic E-state index is 0.0696. The number of anilines is 2. The van der Waals surface area contributed by atoms with Crippen LogP contribution in [-0.2, 0) is 14.3 Å². The first kappa shape index (κ1) is 18.6. The number of hydrogen-bond donors (Lipinski definition) is 1. The van der Waals surface area contributed by atoms with Gasteiger partial charge in [0, 0.05) is 39.8 Å². The number of carbonyl (C=O) groups excluding carboxylic acids is 2. The number of likely N-dealkylation sites (N-methyl/N-ethyl adjacent to an activating group) is 1. The molecule has 2 amide bonds. The van der Waals surface area contributed by atoms with Gasteiger partial charge in [-0.15, -0.1) is 10.2 Å². The lowest BCUT2D eigenvalue weighted by Gasteiger charge is -2.23. The number of nitrogens with one attached hydrogen (secondary N) is 1. The van der Waals surface area contributed by atoms with Crippen molar-refractivity contribution in [1.29, 1.82) is 0 Å². The summed E-state index contributed by atoms with van der Waals surface area (Å²) in [5.74, 6) is 0.0263. The maximum atomic E-state index is 11.9. The van der Waals surface area contributed by atoms with Crippen molar-refractivity contribution in [1.82, 2.24) is 15.5 Å². The van der Waals surface area contributed by atoms with Crippen molar-refractivity contribution in [2.24, 2.45) is 0 Å². The van der Waals surface area contributed by atoms with Gasteiger partial charge in [-0.1, -0.05) is 11.3 Å². The fourth-order valence-corrected chi connectivity index (χ4v) is 3.22. The third-order valence-electron chi connectivity index (χ3n) is 3.66. The highest BCUT2D eigenvalue weighted by molar-refractivity contribution is 7.19. The van der Waals surface area contributed by atoms with Gasteiger partial charge in [-0.2, -0.15) is 0 Å². The number of rotatable bonds is 9. The smallest absolute Gasteiger partial charge is 0.239 e. The number of carbonyl (C=O) groups is 2. The fourth-order valence-electron chi connectivity index (χ4n) is 2.36. The molecule has 8 nitrogen and oxygen atoms in total. The molecule has 0 unspecified atom stereocenters. The van der Waals surface area contributed by atoms with Crippen molar-refractivity contribution < 1.29 is 14.3 Å². The molecule has 2 heterocycles. The Kier molecular flexibility index (Phi) is 7.38. The highest BCUT2D eigenvalue weighted by Crippen LogP contribution is 2.28. The molecule has 0 spiro atoms. The first-order chi connectivity index (χ1) is 11.6. The van der Waals surface area contributed by atoms with Gasteiger partial charge in [0.15, 0.2) is 0 Å². The van der Waals surface area contributed by atoms with Gasteiger partial charge in [-0.05, 0) is 26.2 Å². The van der Waals surface area contributed by atoms with Crippen molar-refractivity contribution in [2.75, 3.05) is 49.7 Å². The molecule has 0 saturated carbocycles. The lowest BCUT2D eigenvalue weighted by Crippen LogP contribution is -2.36. The zero-order chi connectivity index (χ0) is 17.4.